The number of hydrogen-bond donors (Lipinski definition) is 2. The topological polar surface area (TPSA) is 66.4 Å². The van der Waals surface area contributed by atoms with E-state index in [2.05, 4.69) is 12.2 Å². The van der Waals surface area contributed by atoms with Gasteiger partial charge in [-0.05, 0) is 19.8 Å². The Labute approximate surface area is 96.7 Å². The number of carbonyl (C=O) groups excluding carboxylic acids is 1. The second-order valence-electron chi connectivity index (χ2n) is 3.72. The average molecular weight is 227 g/mol. The Morgan fingerprint density at radius 1 is 1.38 bits per heavy atom. The van der Waals surface area contributed by atoms with E-state index in [9.17, 15) is 9.59 Å². The van der Waals surface area contributed by atoms with Gasteiger partial charge in [0.2, 0.25) is 5.91 Å². The third-order valence-corrected chi connectivity index (χ3v) is 2.25. The molecule has 92 valence electrons. The minimum absolute atomic E-state index is 0.176. The van der Waals surface area contributed by atoms with Gasteiger partial charge < -0.3 is 10.4 Å². The fraction of sp³-hybridized carbons (Fsp3) is 0.667. The molecule has 0 spiro atoms. The maximum atomic E-state index is 11.4. The summed E-state index contributed by atoms with van der Waals surface area (Å²) in [5, 5.41) is 11.4. The molecule has 0 rings (SSSR count). The molecule has 0 aromatic heterocycles. The van der Waals surface area contributed by atoms with Crippen LogP contribution < -0.4 is 5.32 Å². The lowest BCUT2D eigenvalue weighted by molar-refractivity contribution is -0.141. The second-order valence-corrected chi connectivity index (χ2v) is 3.72. The molecule has 0 fully saturated rings. The van der Waals surface area contributed by atoms with Gasteiger partial charge in [0.15, 0.2) is 0 Å². The van der Waals surface area contributed by atoms with Crippen molar-refractivity contribution in [3.63, 3.8) is 0 Å². The number of unbranched alkanes of at least 4 members (excludes halogenated alkanes) is 2. The van der Waals surface area contributed by atoms with E-state index in [1.165, 1.54) is 0 Å². The van der Waals surface area contributed by atoms with Crippen LogP contribution in [0.3, 0.4) is 0 Å². The highest BCUT2D eigenvalue weighted by molar-refractivity contribution is 5.83. The van der Waals surface area contributed by atoms with E-state index in [4.69, 9.17) is 5.11 Å². The molecule has 0 radical (unpaired) electrons. The number of allylic oxidation sites excluding steroid dienone is 1. The van der Waals surface area contributed by atoms with Crippen LogP contribution in [-0.4, -0.2) is 23.0 Å². The number of carboxylic acid groups (broad SMARTS) is 1. The van der Waals surface area contributed by atoms with E-state index in [-0.39, 0.29) is 5.91 Å². The molecule has 0 saturated heterocycles. The van der Waals surface area contributed by atoms with Crippen LogP contribution in [0.5, 0.6) is 0 Å². The van der Waals surface area contributed by atoms with Crippen LogP contribution >= 0.6 is 0 Å². The number of carbonyl (C=O) groups is 2. The van der Waals surface area contributed by atoms with Crippen molar-refractivity contribution < 1.29 is 14.7 Å². The van der Waals surface area contributed by atoms with Crippen molar-refractivity contribution >= 4 is 11.9 Å². The Morgan fingerprint density at radius 2 is 2.06 bits per heavy atom. The van der Waals surface area contributed by atoms with Crippen molar-refractivity contribution in [3.8, 4) is 0 Å². The van der Waals surface area contributed by atoms with Gasteiger partial charge in [0.25, 0.3) is 0 Å². The quantitative estimate of drug-likeness (QED) is 0.493. The SMILES string of the molecule is C/C=C/CC(NC(=O)CCCCC)C(=O)O. The predicted octanol–water partition coefficient (Wildman–Crippen LogP) is 2.10. The van der Waals surface area contributed by atoms with Crippen LogP contribution in [0.2, 0.25) is 0 Å². The monoisotopic (exact) mass is 227 g/mol. The smallest absolute Gasteiger partial charge is 0.326 e. The standard InChI is InChI=1S/C12H21NO3/c1-3-5-7-9-11(14)13-10(12(15)16)8-6-4-2/h4,6,10H,3,5,7-9H2,1-2H3,(H,13,14)(H,15,16)/b6-4+. The first-order chi connectivity index (χ1) is 7.61. The van der Waals surface area contributed by atoms with Gasteiger partial charge in [0, 0.05) is 6.42 Å². The molecule has 0 aromatic rings. The highest BCUT2D eigenvalue weighted by atomic mass is 16.4. The number of amides is 1. The van der Waals surface area contributed by atoms with Crippen LogP contribution in [0.25, 0.3) is 0 Å². The first kappa shape index (κ1) is 14.7. The van der Waals surface area contributed by atoms with Crippen LogP contribution in [0.1, 0.15) is 46.0 Å². The molecule has 0 bridgehead atoms. The highest BCUT2D eigenvalue weighted by Crippen LogP contribution is 2.01. The third kappa shape index (κ3) is 7.04. The van der Waals surface area contributed by atoms with Gasteiger partial charge >= 0.3 is 5.97 Å². The van der Waals surface area contributed by atoms with Gasteiger partial charge in [-0.1, -0.05) is 31.9 Å². The number of carboxylic acids is 1. The lowest BCUT2D eigenvalue weighted by Gasteiger charge is -2.12. The molecule has 1 amide bonds. The number of nitrogens with one attached hydrogen (secondary N) is 1. The molecule has 0 aliphatic rings. The summed E-state index contributed by atoms with van der Waals surface area (Å²) in [5.41, 5.74) is 0. The fourth-order valence-electron chi connectivity index (χ4n) is 1.30. The summed E-state index contributed by atoms with van der Waals surface area (Å²) < 4.78 is 0. The molecule has 4 heteroatoms. The largest absolute Gasteiger partial charge is 0.480 e. The summed E-state index contributed by atoms with van der Waals surface area (Å²) in [4.78, 5) is 22.2. The minimum atomic E-state index is -0.984. The molecule has 0 saturated carbocycles. The van der Waals surface area contributed by atoms with Crippen LogP contribution in [0, 0.1) is 0 Å². The van der Waals surface area contributed by atoms with Crippen molar-refractivity contribution in [1.29, 1.82) is 0 Å². The molecular weight excluding hydrogens is 206 g/mol. The van der Waals surface area contributed by atoms with E-state index in [0.717, 1.165) is 19.3 Å². The van der Waals surface area contributed by atoms with Gasteiger partial charge in [-0.3, -0.25) is 4.79 Å². The van der Waals surface area contributed by atoms with Crippen molar-refractivity contribution in [2.24, 2.45) is 0 Å². The molecule has 0 heterocycles. The maximum Gasteiger partial charge on any atom is 0.326 e. The first-order valence-corrected chi connectivity index (χ1v) is 5.75. The summed E-state index contributed by atoms with van der Waals surface area (Å²) in [6.45, 7) is 3.88. The molecule has 0 aliphatic carbocycles. The number of aliphatic carboxylic acids is 1. The second kappa shape index (κ2) is 8.95. The summed E-state index contributed by atoms with van der Waals surface area (Å²) in [6, 6.07) is -0.801. The Kier molecular flexibility index (Phi) is 8.21. The van der Waals surface area contributed by atoms with Crippen molar-refractivity contribution in [2.75, 3.05) is 0 Å². The molecule has 0 aliphatic heterocycles. The van der Waals surface area contributed by atoms with Gasteiger partial charge in [-0.2, -0.15) is 0 Å². The van der Waals surface area contributed by atoms with E-state index in [1.807, 2.05) is 6.92 Å². The summed E-state index contributed by atoms with van der Waals surface area (Å²) in [7, 11) is 0. The Morgan fingerprint density at radius 3 is 2.56 bits per heavy atom. The molecule has 1 unspecified atom stereocenters. The van der Waals surface area contributed by atoms with Crippen LogP contribution in [0.4, 0.5) is 0 Å². The summed E-state index contributed by atoms with van der Waals surface area (Å²) in [6.07, 6.45) is 7.13. The molecule has 16 heavy (non-hydrogen) atoms. The van der Waals surface area contributed by atoms with Gasteiger partial charge in [0.05, 0.1) is 0 Å². The van der Waals surface area contributed by atoms with Crippen LogP contribution in [-0.2, 0) is 9.59 Å². The van der Waals surface area contributed by atoms with Crippen molar-refractivity contribution in [2.45, 2.75) is 52.0 Å². The number of hydrogen-bond acceptors (Lipinski definition) is 2. The predicted molar refractivity (Wildman–Crippen MR) is 63.1 cm³/mol. The van der Waals surface area contributed by atoms with Gasteiger partial charge in [-0.25, -0.2) is 4.79 Å². The number of rotatable bonds is 8. The molecular formula is C12H21NO3. The zero-order chi connectivity index (χ0) is 12.4. The first-order valence-electron chi connectivity index (χ1n) is 5.75. The van der Waals surface area contributed by atoms with Gasteiger partial charge in [0.1, 0.15) is 6.04 Å². The van der Waals surface area contributed by atoms with E-state index < -0.39 is 12.0 Å². The zero-order valence-corrected chi connectivity index (χ0v) is 10.0. The average Bonchev–Trinajstić information content (AvgIpc) is 2.24. The lowest BCUT2D eigenvalue weighted by Crippen LogP contribution is -2.40. The van der Waals surface area contributed by atoms with E-state index >= 15 is 0 Å². The van der Waals surface area contributed by atoms with Crippen molar-refractivity contribution in [3.05, 3.63) is 12.2 Å². The van der Waals surface area contributed by atoms with Crippen LogP contribution in [0.15, 0.2) is 12.2 Å². The Bertz CT molecular complexity index is 249. The maximum absolute atomic E-state index is 11.4. The molecule has 0 aromatic carbocycles. The Hall–Kier alpha value is -1.32. The lowest BCUT2D eigenvalue weighted by atomic mass is 10.1. The Balaban J connectivity index is 3.98. The van der Waals surface area contributed by atoms with E-state index in [1.54, 1.807) is 12.2 Å². The molecule has 4 nitrogen and oxygen atoms in total. The third-order valence-electron chi connectivity index (χ3n) is 2.25. The zero-order valence-electron chi connectivity index (χ0n) is 10.0. The van der Waals surface area contributed by atoms with E-state index in [0.29, 0.717) is 12.8 Å². The van der Waals surface area contributed by atoms with Gasteiger partial charge in [-0.15, -0.1) is 0 Å². The molecule has 1 atom stereocenters. The fourth-order valence-corrected chi connectivity index (χ4v) is 1.30. The summed E-state index contributed by atoms with van der Waals surface area (Å²) in [5.74, 6) is -1.16. The minimum Gasteiger partial charge on any atom is -0.480 e. The summed E-state index contributed by atoms with van der Waals surface area (Å²) >= 11 is 0. The highest BCUT2D eigenvalue weighted by Gasteiger charge is 2.17. The normalized spacial score (nSPS) is 12.6. The molecule has 2 N–H and O–H groups in total. The van der Waals surface area contributed by atoms with Crippen molar-refractivity contribution in [1.82, 2.24) is 5.32 Å².